The fourth-order valence-corrected chi connectivity index (χ4v) is 1.87. The van der Waals surface area contributed by atoms with Crippen LogP contribution in [0.25, 0.3) is 0 Å². The molecule has 0 spiro atoms. The third-order valence-electron chi connectivity index (χ3n) is 1.86. The first-order valence-corrected chi connectivity index (χ1v) is 4.74. The van der Waals surface area contributed by atoms with Crippen LogP contribution in [0, 0.1) is 31.6 Å². The van der Waals surface area contributed by atoms with Gasteiger partial charge in [-0.15, -0.1) is 0 Å². The maximum atomic E-state index is 9.78. The summed E-state index contributed by atoms with van der Waals surface area (Å²) in [5.74, 6) is 0.966. The van der Waals surface area contributed by atoms with Crippen LogP contribution in [-0.2, 0) is 0 Å². The Morgan fingerprint density at radius 3 is 2.58 bits per heavy atom. The Bertz CT molecular complexity index is 224. The lowest BCUT2D eigenvalue weighted by molar-refractivity contribution is 0.201. The average molecular weight is 177 g/mol. The van der Waals surface area contributed by atoms with Gasteiger partial charge in [0.1, 0.15) is 0 Å². The molecule has 1 fully saturated rings. The lowest BCUT2D eigenvalue weighted by atomic mass is 9.96. The van der Waals surface area contributed by atoms with Gasteiger partial charge in [0.15, 0.2) is 0 Å². The van der Waals surface area contributed by atoms with Gasteiger partial charge in [0, 0.05) is 5.92 Å². The summed E-state index contributed by atoms with van der Waals surface area (Å²) in [6.07, 6.45) is 7.28. The molecule has 1 saturated carbocycles. The molecule has 1 unspecified atom stereocenters. The van der Waals surface area contributed by atoms with E-state index in [-0.39, 0.29) is 0 Å². The fourth-order valence-electron chi connectivity index (χ4n) is 1.19. The van der Waals surface area contributed by atoms with Crippen LogP contribution in [0.5, 0.6) is 0 Å². The Balaban J connectivity index is 2.04. The second kappa shape index (κ2) is 3.58. The minimum absolute atomic E-state index is 0.453. The van der Waals surface area contributed by atoms with Gasteiger partial charge in [0.25, 0.3) is 0 Å². The first-order chi connectivity index (χ1) is 5.88. The maximum Gasteiger partial charge on any atom is 0.0866 e. The zero-order valence-corrected chi connectivity index (χ0v) is 7.29. The second-order valence-electron chi connectivity index (χ2n) is 2.68. The summed E-state index contributed by atoms with van der Waals surface area (Å²) in [6.45, 7) is 0. The molecule has 1 nitrogen and oxygen atoms in total. The van der Waals surface area contributed by atoms with Gasteiger partial charge >= 0.3 is 0 Å². The molecule has 2 heteroatoms. The van der Waals surface area contributed by atoms with Crippen molar-refractivity contribution in [3.05, 3.63) is 54.0 Å². The van der Waals surface area contributed by atoms with E-state index in [4.69, 9.17) is 0 Å². The van der Waals surface area contributed by atoms with Crippen molar-refractivity contribution in [1.82, 2.24) is 0 Å². The molecule has 1 heterocycles. The Morgan fingerprint density at radius 2 is 2.00 bits per heavy atom. The SMILES string of the molecule is OC([C]1[CH][CH][CH][CH]1)c1ccsc1. The van der Waals surface area contributed by atoms with E-state index in [1.54, 1.807) is 11.3 Å². The molecular formula is C10H9OS. The topological polar surface area (TPSA) is 20.2 Å². The molecule has 2 rings (SSSR count). The maximum absolute atomic E-state index is 9.78. The van der Waals surface area contributed by atoms with Crippen LogP contribution in [-0.4, -0.2) is 5.11 Å². The van der Waals surface area contributed by atoms with E-state index >= 15 is 0 Å². The van der Waals surface area contributed by atoms with E-state index in [0.717, 1.165) is 11.5 Å². The van der Waals surface area contributed by atoms with Crippen molar-refractivity contribution in [1.29, 1.82) is 0 Å². The summed E-state index contributed by atoms with van der Waals surface area (Å²) in [4.78, 5) is 0. The largest absolute Gasteiger partial charge is 0.388 e. The summed E-state index contributed by atoms with van der Waals surface area (Å²) in [7, 11) is 0. The van der Waals surface area contributed by atoms with Crippen molar-refractivity contribution >= 4 is 11.3 Å². The Hall–Kier alpha value is -0.340. The zero-order chi connectivity index (χ0) is 8.39. The quantitative estimate of drug-likeness (QED) is 0.734. The van der Waals surface area contributed by atoms with Crippen LogP contribution in [0.4, 0.5) is 0 Å². The van der Waals surface area contributed by atoms with Crippen LogP contribution in [0.15, 0.2) is 16.8 Å². The zero-order valence-electron chi connectivity index (χ0n) is 6.47. The van der Waals surface area contributed by atoms with Gasteiger partial charge in [-0.05, 0) is 48.1 Å². The molecule has 1 aromatic heterocycles. The average Bonchev–Trinajstić information content (AvgIpc) is 2.77. The molecule has 0 aromatic carbocycles. The lowest BCUT2D eigenvalue weighted by Gasteiger charge is -2.14. The van der Waals surface area contributed by atoms with Gasteiger partial charge in [-0.3, -0.25) is 0 Å². The van der Waals surface area contributed by atoms with Gasteiger partial charge in [0.2, 0.25) is 0 Å². The number of thiophene rings is 1. The Morgan fingerprint density at radius 1 is 1.25 bits per heavy atom. The number of aliphatic hydroxyl groups is 1. The third kappa shape index (κ3) is 1.54. The van der Waals surface area contributed by atoms with E-state index in [9.17, 15) is 5.11 Å². The molecule has 1 aliphatic carbocycles. The molecular weight excluding hydrogens is 168 g/mol. The highest BCUT2D eigenvalue weighted by Gasteiger charge is 2.25. The predicted octanol–water partition coefficient (Wildman–Crippen LogP) is 2.19. The number of rotatable bonds is 2. The highest BCUT2D eigenvalue weighted by molar-refractivity contribution is 7.07. The summed E-state index contributed by atoms with van der Waals surface area (Å²) in [5.41, 5.74) is 0.978. The standard InChI is InChI=1S/C10H9OS/c11-10(8-3-1-2-4-8)9-5-6-12-7-9/h1-7,10-11H. The number of hydrogen-bond donors (Lipinski definition) is 1. The van der Waals surface area contributed by atoms with Gasteiger partial charge in [0.05, 0.1) is 6.10 Å². The summed E-state index contributed by atoms with van der Waals surface area (Å²) in [6, 6.07) is 1.95. The molecule has 1 atom stereocenters. The molecule has 0 bridgehead atoms. The Kier molecular flexibility index (Phi) is 2.47. The Labute approximate surface area is 77.0 Å². The van der Waals surface area contributed by atoms with Crippen LogP contribution in [0.2, 0.25) is 0 Å². The van der Waals surface area contributed by atoms with Crippen LogP contribution < -0.4 is 0 Å². The number of aliphatic hydroxyl groups excluding tert-OH is 1. The van der Waals surface area contributed by atoms with Crippen molar-refractivity contribution in [2.45, 2.75) is 6.10 Å². The normalized spacial score (nSPS) is 21.4. The molecule has 1 N–H and O–H groups in total. The van der Waals surface area contributed by atoms with Crippen molar-refractivity contribution in [2.75, 3.05) is 0 Å². The minimum atomic E-state index is -0.453. The van der Waals surface area contributed by atoms with Crippen LogP contribution in [0.3, 0.4) is 0 Å². The van der Waals surface area contributed by atoms with Crippen LogP contribution >= 0.6 is 11.3 Å². The van der Waals surface area contributed by atoms with Crippen LogP contribution in [0.1, 0.15) is 11.7 Å². The highest BCUT2D eigenvalue weighted by atomic mass is 32.1. The number of hydrogen-bond acceptors (Lipinski definition) is 2. The molecule has 61 valence electrons. The van der Waals surface area contributed by atoms with E-state index in [0.29, 0.717) is 0 Å². The van der Waals surface area contributed by atoms with E-state index in [2.05, 4.69) is 0 Å². The first-order valence-electron chi connectivity index (χ1n) is 3.79. The molecule has 0 aliphatic heterocycles. The van der Waals surface area contributed by atoms with E-state index in [1.165, 1.54) is 0 Å². The lowest BCUT2D eigenvalue weighted by Crippen LogP contribution is -2.06. The van der Waals surface area contributed by atoms with E-state index in [1.807, 2.05) is 42.5 Å². The van der Waals surface area contributed by atoms with Crippen molar-refractivity contribution < 1.29 is 5.11 Å². The smallest absolute Gasteiger partial charge is 0.0866 e. The summed E-state index contributed by atoms with van der Waals surface area (Å²) in [5, 5.41) is 13.7. The molecule has 0 amide bonds. The first kappa shape index (κ1) is 8.27. The molecule has 1 aliphatic rings. The van der Waals surface area contributed by atoms with Crippen molar-refractivity contribution in [3.63, 3.8) is 0 Å². The summed E-state index contributed by atoms with van der Waals surface area (Å²) >= 11 is 1.61. The second-order valence-corrected chi connectivity index (χ2v) is 3.46. The minimum Gasteiger partial charge on any atom is -0.388 e. The van der Waals surface area contributed by atoms with E-state index < -0.39 is 6.10 Å². The van der Waals surface area contributed by atoms with Gasteiger partial charge in [-0.25, -0.2) is 0 Å². The summed E-state index contributed by atoms with van der Waals surface area (Å²) < 4.78 is 0. The monoisotopic (exact) mass is 177 g/mol. The molecule has 5 radical (unpaired) electrons. The highest BCUT2D eigenvalue weighted by Crippen LogP contribution is 2.35. The molecule has 12 heavy (non-hydrogen) atoms. The third-order valence-corrected chi connectivity index (χ3v) is 2.56. The van der Waals surface area contributed by atoms with Gasteiger partial charge < -0.3 is 5.11 Å². The molecule has 0 saturated heterocycles. The van der Waals surface area contributed by atoms with Crippen molar-refractivity contribution in [2.24, 2.45) is 0 Å². The predicted molar refractivity (Wildman–Crippen MR) is 49.7 cm³/mol. The molecule has 1 aromatic rings. The van der Waals surface area contributed by atoms with Gasteiger partial charge in [-0.1, -0.05) is 0 Å². The fraction of sp³-hybridized carbons (Fsp3) is 0.100. The van der Waals surface area contributed by atoms with Crippen molar-refractivity contribution in [3.8, 4) is 0 Å². The van der Waals surface area contributed by atoms with Gasteiger partial charge in [-0.2, -0.15) is 11.3 Å².